The number of rotatable bonds is 6. The maximum Gasteiger partial charge on any atom is 0.231 e. The van der Waals surface area contributed by atoms with Crippen LogP contribution in [0.15, 0.2) is 18.2 Å². The van der Waals surface area contributed by atoms with Gasteiger partial charge in [-0.05, 0) is 45.0 Å². The highest BCUT2D eigenvalue weighted by Gasteiger charge is 2.11. The molecule has 1 fully saturated rings. The zero-order valence-electron chi connectivity index (χ0n) is 16.4. The molecule has 3 aromatic rings. The monoisotopic (exact) mass is 433 g/mol. The van der Waals surface area contributed by atoms with Crippen LogP contribution in [0.1, 0.15) is 31.4 Å². The van der Waals surface area contributed by atoms with Gasteiger partial charge < -0.3 is 15.2 Å². The first-order chi connectivity index (χ1) is 14.1. The minimum absolute atomic E-state index is 0.472. The summed E-state index contributed by atoms with van der Waals surface area (Å²) in [5, 5.41) is 7.51. The number of fused-ring (bicyclic) bond motifs is 1. The van der Waals surface area contributed by atoms with Crippen molar-refractivity contribution in [2.45, 2.75) is 32.6 Å². The van der Waals surface area contributed by atoms with Crippen molar-refractivity contribution < 1.29 is 0 Å². The Kier molecular flexibility index (Phi) is 6.37. The summed E-state index contributed by atoms with van der Waals surface area (Å²) in [4.78, 5) is 19.2. The molecule has 0 spiro atoms. The van der Waals surface area contributed by atoms with Gasteiger partial charge in [0.15, 0.2) is 0 Å². The molecule has 0 bridgehead atoms. The molecule has 7 nitrogen and oxygen atoms in total. The number of aryl methyl sites for hydroxylation is 1. The number of hydrogen-bond donors (Lipinski definition) is 3. The molecule has 0 aliphatic carbocycles. The average Bonchev–Trinajstić information content (AvgIpc) is 2.87. The van der Waals surface area contributed by atoms with E-state index in [0.29, 0.717) is 21.9 Å². The summed E-state index contributed by atoms with van der Waals surface area (Å²) < 4.78 is 0. The van der Waals surface area contributed by atoms with E-state index in [-0.39, 0.29) is 0 Å². The van der Waals surface area contributed by atoms with Crippen molar-refractivity contribution in [2.75, 3.05) is 36.8 Å². The third kappa shape index (κ3) is 5.29. The number of benzene rings is 1. The molecule has 1 aromatic carbocycles. The highest BCUT2D eigenvalue weighted by molar-refractivity contribution is 6.42. The Morgan fingerprint density at radius 2 is 1.76 bits per heavy atom. The van der Waals surface area contributed by atoms with E-state index in [9.17, 15) is 0 Å². The second-order valence-electron chi connectivity index (χ2n) is 7.39. The van der Waals surface area contributed by atoms with Gasteiger partial charge in [0.1, 0.15) is 5.82 Å². The topological polar surface area (TPSA) is 81.8 Å². The minimum Gasteiger partial charge on any atom is -0.369 e. The van der Waals surface area contributed by atoms with Crippen LogP contribution in [0.4, 0.5) is 17.7 Å². The zero-order chi connectivity index (χ0) is 20.2. The average molecular weight is 434 g/mol. The smallest absolute Gasteiger partial charge is 0.231 e. The first-order valence-corrected chi connectivity index (χ1v) is 10.8. The predicted molar refractivity (Wildman–Crippen MR) is 120 cm³/mol. The summed E-state index contributed by atoms with van der Waals surface area (Å²) in [6, 6.07) is 5.43. The third-order valence-electron chi connectivity index (χ3n) is 5.04. The van der Waals surface area contributed by atoms with Crippen molar-refractivity contribution in [1.29, 1.82) is 0 Å². The van der Waals surface area contributed by atoms with Gasteiger partial charge in [-0.1, -0.05) is 36.0 Å². The van der Waals surface area contributed by atoms with Crippen LogP contribution in [-0.4, -0.2) is 51.0 Å². The van der Waals surface area contributed by atoms with Crippen LogP contribution in [0, 0.1) is 6.92 Å². The molecule has 0 saturated carbocycles. The van der Waals surface area contributed by atoms with E-state index in [1.807, 2.05) is 13.0 Å². The number of H-pyrrole nitrogens is 1. The molecule has 0 unspecified atom stereocenters. The molecule has 3 N–H and O–H groups in total. The molecule has 0 amide bonds. The molecule has 4 rings (SSSR count). The number of aromatic amines is 1. The lowest BCUT2D eigenvalue weighted by molar-refractivity contribution is 0.296. The second kappa shape index (κ2) is 9.15. The quantitative estimate of drug-likeness (QED) is 0.507. The van der Waals surface area contributed by atoms with Gasteiger partial charge >= 0.3 is 0 Å². The van der Waals surface area contributed by atoms with Gasteiger partial charge in [-0.2, -0.15) is 4.98 Å². The Bertz CT molecular complexity index is 941. The van der Waals surface area contributed by atoms with Crippen molar-refractivity contribution in [3.63, 3.8) is 0 Å². The van der Waals surface area contributed by atoms with E-state index in [1.54, 1.807) is 12.1 Å². The van der Waals surface area contributed by atoms with Crippen LogP contribution in [0.3, 0.4) is 0 Å². The van der Waals surface area contributed by atoms with Gasteiger partial charge in [0.05, 0.1) is 21.1 Å². The molecule has 1 saturated heterocycles. The maximum absolute atomic E-state index is 6.08. The molecular formula is C20H25Cl2N7. The number of halogens is 2. The van der Waals surface area contributed by atoms with Crippen molar-refractivity contribution in [3.8, 4) is 0 Å². The van der Waals surface area contributed by atoms with Crippen LogP contribution >= 0.6 is 23.2 Å². The van der Waals surface area contributed by atoms with Gasteiger partial charge in [-0.3, -0.25) is 5.32 Å². The molecular weight excluding hydrogens is 409 g/mol. The van der Waals surface area contributed by atoms with Crippen molar-refractivity contribution in [3.05, 3.63) is 33.9 Å². The number of imidazole rings is 1. The van der Waals surface area contributed by atoms with Crippen LogP contribution in [-0.2, 0) is 0 Å². The predicted octanol–water partition coefficient (Wildman–Crippen LogP) is 5.00. The summed E-state index contributed by atoms with van der Waals surface area (Å²) in [5.41, 5.74) is 2.40. The molecule has 3 heterocycles. The molecule has 0 radical (unpaired) electrons. The first-order valence-electron chi connectivity index (χ1n) is 10.0. The number of nitrogens with one attached hydrogen (secondary N) is 3. The van der Waals surface area contributed by atoms with Crippen molar-refractivity contribution in [1.82, 2.24) is 24.8 Å². The standard InChI is InChI=1S/C20H25Cl2N7/c1-13-10-18(23-6-9-29-7-4-2-3-5-8-29)27-19(24-13)28-20-25-16-11-14(21)15(22)12-17(16)26-20/h10-12H,2-9H2,1H3,(H3,23,24,25,26,27,28). The molecule has 1 aliphatic rings. The Morgan fingerprint density at radius 1 is 1.00 bits per heavy atom. The number of anilines is 3. The molecule has 2 aromatic heterocycles. The van der Waals surface area contributed by atoms with Gasteiger partial charge in [0, 0.05) is 24.8 Å². The zero-order valence-corrected chi connectivity index (χ0v) is 17.9. The lowest BCUT2D eigenvalue weighted by Gasteiger charge is -2.20. The van der Waals surface area contributed by atoms with E-state index < -0.39 is 0 Å². The largest absolute Gasteiger partial charge is 0.369 e. The first kappa shape index (κ1) is 20.2. The lowest BCUT2D eigenvalue weighted by atomic mass is 10.2. The van der Waals surface area contributed by atoms with E-state index in [0.717, 1.165) is 35.6 Å². The summed E-state index contributed by atoms with van der Waals surface area (Å²) in [6.45, 7) is 6.22. The Labute approximate surface area is 180 Å². The summed E-state index contributed by atoms with van der Waals surface area (Å²) >= 11 is 12.1. The minimum atomic E-state index is 0.472. The second-order valence-corrected chi connectivity index (χ2v) is 8.21. The van der Waals surface area contributed by atoms with Gasteiger partial charge in [-0.25, -0.2) is 9.97 Å². The number of likely N-dealkylation sites (tertiary alicyclic amines) is 1. The highest BCUT2D eigenvalue weighted by atomic mass is 35.5. The van der Waals surface area contributed by atoms with Crippen molar-refractivity contribution in [2.24, 2.45) is 0 Å². The van der Waals surface area contributed by atoms with Gasteiger partial charge in [-0.15, -0.1) is 0 Å². The van der Waals surface area contributed by atoms with Crippen molar-refractivity contribution >= 4 is 51.9 Å². The van der Waals surface area contributed by atoms with Gasteiger partial charge in [0.2, 0.25) is 11.9 Å². The summed E-state index contributed by atoms with van der Waals surface area (Å²) in [6.07, 6.45) is 5.30. The maximum atomic E-state index is 6.08. The van der Waals surface area contributed by atoms with E-state index in [4.69, 9.17) is 23.2 Å². The molecule has 29 heavy (non-hydrogen) atoms. The molecule has 9 heteroatoms. The van der Waals surface area contributed by atoms with Crippen LogP contribution in [0.2, 0.25) is 10.0 Å². The normalized spacial score (nSPS) is 15.4. The highest BCUT2D eigenvalue weighted by Crippen LogP contribution is 2.28. The SMILES string of the molecule is Cc1cc(NCCN2CCCCCC2)nc(Nc2nc3cc(Cl)c(Cl)cc3[nH]2)n1. The fourth-order valence-electron chi connectivity index (χ4n) is 3.59. The van der Waals surface area contributed by atoms with Crippen LogP contribution in [0.5, 0.6) is 0 Å². The summed E-state index contributed by atoms with van der Waals surface area (Å²) in [5.74, 6) is 1.83. The number of aromatic nitrogens is 4. The molecule has 154 valence electrons. The third-order valence-corrected chi connectivity index (χ3v) is 5.76. The number of hydrogen-bond acceptors (Lipinski definition) is 6. The van der Waals surface area contributed by atoms with Crippen LogP contribution in [0.25, 0.3) is 11.0 Å². The van der Waals surface area contributed by atoms with E-state index in [1.165, 1.54) is 38.8 Å². The Hall–Kier alpha value is -2.09. The lowest BCUT2D eigenvalue weighted by Crippen LogP contribution is -2.30. The van der Waals surface area contributed by atoms with Crippen LogP contribution < -0.4 is 10.6 Å². The molecule has 1 aliphatic heterocycles. The summed E-state index contributed by atoms with van der Waals surface area (Å²) in [7, 11) is 0. The van der Waals surface area contributed by atoms with E-state index in [2.05, 4.69) is 35.5 Å². The fraction of sp³-hybridized carbons (Fsp3) is 0.450. The Balaban J connectivity index is 1.41. The molecule has 0 atom stereocenters. The Morgan fingerprint density at radius 3 is 2.55 bits per heavy atom. The number of nitrogens with zero attached hydrogens (tertiary/aromatic N) is 4. The van der Waals surface area contributed by atoms with Gasteiger partial charge in [0.25, 0.3) is 0 Å². The van der Waals surface area contributed by atoms with E-state index >= 15 is 0 Å². The fourth-order valence-corrected chi connectivity index (χ4v) is 3.91.